The number of fused-ring (bicyclic) bond motifs is 1. The molecule has 0 bridgehead atoms. The summed E-state index contributed by atoms with van der Waals surface area (Å²) in [7, 11) is 2.17. The van der Waals surface area contributed by atoms with Crippen LogP contribution in [0.3, 0.4) is 0 Å². The topological polar surface area (TPSA) is 66.0 Å². The zero-order chi connectivity index (χ0) is 21.8. The Morgan fingerprint density at radius 2 is 1.94 bits per heavy atom. The number of nitrogens with zero attached hydrogens (tertiary/aromatic N) is 4. The van der Waals surface area contributed by atoms with E-state index in [0.717, 1.165) is 65.5 Å². The van der Waals surface area contributed by atoms with Crippen molar-refractivity contribution in [3.8, 4) is 0 Å². The third-order valence-corrected chi connectivity index (χ3v) is 7.44. The number of aromatic nitrogens is 3. The lowest BCUT2D eigenvalue weighted by atomic mass is 9.70. The monoisotopic (exact) mass is 424 g/mol. The number of pyridine rings is 1. The van der Waals surface area contributed by atoms with Crippen molar-refractivity contribution in [3.63, 3.8) is 0 Å². The fourth-order valence-corrected chi connectivity index (χ4v) is 5.72. The van der Waals surface area contributed by atoms with E-state index in [4.69, 9.17) is 0 Å². The van der Waals surface area contributed by atoms with E-state index < -0.39 is 0 Å². The molecular weight excluding hydrogens is 384 g/mol. The standard InChI is InChI=1S/C15H21N5.C10H19N/c1-10-8-12-9-16-15(19-14(12)11(2)17-10)18-13-4-6-20(3)7-5-13;1-9-3-2-4-10(7-9)5-6-11-8-10/h8-9,13H,4-7H2,1-3H3,(H,16,18,19);9,11H,2-8H2,1H3/t;9-,10?/m.1/s1. The first-order chi connectivity index (χ1) is 14.9. The van der Waals surface area contributed by atoms with Crippen LogP contribution >= 0.6 is 0 Å². The Morgan fingerprint density at radius 1 is 1.13 bits per heavy atom. The van der Waals surface area contributed by atoms with Gasteiger partial charge in [-0.15, -0.1) is 0 Å². The Balaban J connectivity index is 0.000000177. The lowest BCUT2D eigenvalue weighted by Crippen LogP contribution is -2.37. The molecule has 5 rings (SSSR count). The molecule has 2 saturated heterocycles. The van der Waals surface area contributed by atoms with Gasteiger partial charge in [-0.05, 0) is 90.0 Å². The zero-order valence-corrected chi connectivity index (χ0v) is 19.9. The summed E-state index contributed by atoms with van der Waals surface area (Å²) in [4.78, 5) is 15.9. The van der Waals surface area contributed by atoms with Crippen LogP contribution in [-0.4, -0.2) is 59.1 Å². The van der Waals surface area contributed by atoms with Crippen LogP contribution in [0.25, 0.3) is 10.9 Å². The molecule has 6 nitrogen and oxygen atoms in total. The van der Waals surface area contributed by atoms with Crippen molar-refractivity contribution in [3.05, 3.63) is 23.7 Å². The molecule has 4 heterocycles. The molecule has 2 N–H and O–H groups in total. The Kier molecular flexibility index (Phi) is 7.07. The van der Waals surface area contributed by atoms with Gasteiger partial charge in [0.15, 0.2) is 0 Å². The van der Waals surface area contributed by atoms with Gasteiger partial charge in [0.2, 0.25) is 5.95 Å². The van der Waals surface area contributed by atoms with Crippen molar-refractivity contribution in [2.45, 2.75) is 71.8 Å². The molecule has 2 aromatic heterocycles. The maximum absolute atomic E-state index is 4.63. The average Bonchev–Trinajstić information content (AvgIpc) is 3.18. The summed E-state index contributed by atoms with van der Waals surface area (Å²) in [5, 5.41) is 8.02. The van der Waals surface area contributed by atoms with Gasteiger partial charge in [-0.25, -0.2) is 9.97 Å². The van der Waals surface area contributed by atoms with E-state index in [0.29, 0.717) is 6.04 Å². The van der Waals surface area contributed by atoms with Gasteiger partial charge >= 0.3 is 0 Å². The second-order valence-corrected chi connectivity index (χ2v) is 10.3. The zero-order valence-electron chi connectivity index (χ0n) is 19.9. The van der Waals surface area contributed by atoms with Gasteiger partial charge in [0.25, 0.3) is 0 Å². The van der Waals surface area contributed by atoms with E-state index in [1.165, 1.54) is 45.2 Å². The van der Waals surface area contributed by atoms with Gasteiger partial charge in [0, 0.05) is 29.9 Å². The number of rotatable bonds is 2. The number of likely N-dealkylation sites (tertiary alicyclic amines) is 1. The fourth-order valence-electron chi connectivity index (χ4n) is 5.72. The molecule has 1 unspecified atom stereocenters. The number of hydrogen-bond acceptors (Lipinski definition) is 6. The van der Waals surface area contributed by atoms with Crippen LogP contribution in [0.15, 0.2) is 12.3 Å². The van der Waals surface area contributed by atoms with Crippen molar-refractivity contribution in [2.75, 3.05) is 38.5 Å². The summed E-state index contributed by atoms with van der Waals surface area (Å²) in [6.45, 7) is 11.2. The molecule has 0 amide bonds. The van der Waals surface area contributed by atoms with Gasteiger partial charge in [-0.1, -0.05) is 19.8 Å². The minimum Gasteiger partial charge on any atom is -0.351 e. The summed E-state index contributed by atoms with van der Waals surface area (Å²) in [6, 6.07) is 2.50. The molecule has 1 saturated carbocycles. The minimum atomic E-state index is 0.474. The van der Waals surface area contributed by atoms with Gasteiger partial charge in [-0.2, -0.15) is 0 Å². The van der Waals surface area contributed by atoms with E-state index in [1.807, 2.05) is 26.1 Å². The highest BCUT2D eigenvalue weighted by molar-refractivity contribution is 5.80. The van der Waals surface area contributed by atoms with Gasteiger partial charge in [-0.3, -0.25) is 4.98 Å². The molecule has 3 aliphatic rings. The molecule has 0 aromatic carbocycles. The average molecular weight is 425 g/mol. The summed E-state index contributed by atoms with van der Waals surface area (Å²) >= 11 is 0. The highest BCUT2D eigenvalue weighted by atomic mass is 15.2. The smallest absolute Gasteiger partial charge is 0.223 e. The maximum atomic E-state index is 4.63. The Hall–Kier alpha value is -1.79. The van der Waals surface area contributed by atoms with E-state index in [-0.39, 0.29) is 0 Å². The molecule has 170 valence electrons. The van der Waals surface area contributed by atoms with Crippen molar-refractivity contribution in [2.24, 2.45) is 11.3 Å². The third-order valence-electron chi connectivity index (χ3n) is 7.44. The van der Waals surface area contributed by atoms with Crippen LogP contribution in [-0.2, 0) is 0 Å². The van der Waals surface area contributed by atoms with E-state index in [2.05, 4.69) is 44.5 Å². The lowest BCUT2D eigenvalue weighted by Gasteiger charge is -2.36. The van der Waals surface area contributed by atoms with Crippen LogP contribution in [0.5, 0.6) is 0 Å². The van der Waals surface area contributed by atoms with Crippen LogP contribution in [0.4, 0.5) is 5.95 Å². The normalized spacial score (nSPS) is 27.3. The predicted octanol–water partition coefficient (Wildman–Crippen LogP) is 4.32. The summed E-state index contributed by atoms with van der Waals surface area (Å²) in [5.41, 5.74) is 3.65. The van der Waals surface area contributed by atoms with Crippen LogP contribution in [0, 0.1) is 25.2 Å². The number of aryl methyl sites for hydroxylation is 2. The summed E-state index contributed by atoms with van der Waals surface area (Å²) in [5.74, 6) is 1.71. The van der Waals surface area contributed by atoms with E-state index in [1.54, 1.807) is 0 Å². The Bertz CT molecular complexity index is 868. The first-order valence-corrected chi connectivity index (χ1v) is 12.2. The second kappa shape index (κ2) is 9.78. The van der Waals surface area contributed by atoms with Gasteiger partial charge < -0.3 is 15.5 Å². The van der Waals surface area contributed by atoms with Crippen molar-refractivity contribution in [1.82, 2.24) is 25.2 Å². The molecule has 1 spiro atoms. The second-order valence-electron chi connectivity index (χ2n) is 10.3. The molecule has 31 heavy (non-hydrogen) atoms. The first-order valence-electron chi connectivity index (χ1n) is 12.2. The Morgan fingerprint density at radius 3 is 2.65 bits per heavy atom. The number of hydrogen-bond donors (Lipinski definition) is 2. The van der Waals surface area contributed by atoms with Crippen molar-refractivity contribution >= 4 is 16.9 Å². The molecular formula is C25H40N6. The molecule has 0 radical (unpaired) electrons. The number of piperidine rings is 1. The lowest BCUT2D eigenvalue weighted by molar-refractivity contribution is 0.169. The predicted molar refractivity (Wildman–Crippen MR) is 129 cm³/mol. The van der Waals surface area contributed by atoms with Crippen LogP contribution < -0.4 is 10.6 Å². The van der Waals surface area contributed by atoms with Crippen LogP contribution in [0.2, 0.25) is 0 Å². The molecule has 3 fully saturated rings. The van der Waals surface area contributed by atoms with E-state index >= 15 is 0 Å². The number of nitrogens with one attached hydrogen (secondary N) is 2. The number of anilines is 1. The first kappa shape index (κ1) is 22.4. The SMILES string of the molecule is C[C@@H]1CCCC2(CCNC2)C1.Cc1cc2cnc(NC3CCN(C)CC3)nc2c(C)n1. The Labute approximate surface area is 187 Å². The van der Waals surface area contributed by atoms with Gasteiger partial charge in [0.1, 0.15) is 0 Å². The highest BCUT2D eigenvalue weighted by Crippen LogP contribution is 2.43. The minimum absolute atomic E-state index is 0.474. The van der Waals surface area contributed by atoms with Gasteiger partial charge in [0.05, 0.1) is 11.2 Å². The quantitative estimate of drug-likeness (QED) is 0.748. The van der Waals surface area contributed by atoms with Crippen molar-refractivity contribution < 1.29 is 0 Å². The van der Waals surface area contributed by atoms with E-state index in [9.17, 15) is 0 Å². The fraction of sp³-hybridized carbons (Fsp3) is 0.720. The molecule has 1 aliphatic carbocycles. The summed E-state index contributed by atoms with van der Waals surface area (Å²) in [6.07, 6.45) is 11.5. The highest BCUT2D eigenvalue weighted by Gasteiger charge is 2.36. The largest absolute Gasteiger partial charge is 0.351 e. The van der Waals surface area contributed by atoms with Crippen molar-refractivity contribution in [1.29, 1.82) is 0 Å². The molecule has 2 aliphatic heterocycles. The third kappa shape index (κ3) is 5.72. The molecule has 2 aromatic rings. The summed E-state index contributed by atoms with van der Waals surface area (Å²) < 4.78 is 0. The van der Waals surface area contributed by atoms with Crippen LogP contribution in [0.1, 0.15) is 63.3 Å². The molecule has 6 heteroatoms. The maximum Gasteiger partial charge on any atom is 0.223 e. The molecule has 2 atom stereocenters.